The van der Waals surface area contributed by atoms with Crippen molar-refractivity contribution in [2.75, 3.05) is 31.1 Å². The summed E-state index contributed by atoms with van der Waals surface area (Å²) >= 11 is 0. The highest BCUT2D eigenvalue weighted by Gasteiger charge is 2.51. The van der Waals surface area contributed by atoms with E-state index in [0.717, 1.165) is 38.6 Å². The Hall–Kier alpha value is -5.13. The minimum Gasteiger partial charge on any atom is -0.508 e. The summed E-state index contributed by atoms with van der Waals surface area (Å²) in [7, 11) is 0. The number of phenolic OH excluding ortho intramolecular Hbond substituents is 1. The van der Waals surface area contributed by atoms with Crippen LogP contribution in [0.4, 0.5) is 19.0 Å². The van der Waals surface area contributed by atoms with Crippen LogP contribution in [-0.4, -0.2) is 85.9 Å². The third-order valence-electron chi connectivity index (χ3n) is 13.3. The van der Waals surface area contributed by atoms with E-state index >= 15 is 8.78 Å². The lowest BCUT2D eigenvalue weighted by Gasteiger charge is -2.48. The Morgan fingerprint density at radius 1 is 1.05 bits per heavy atom. The Morgan fingerprint density at radius 2 is 1.90 bits per heavy atom. The summed E-state index contributed by atoms with van der Waals surface area (Å²) in [5, 5.41) is 12.0. The zero-order chi connectivity index (χ0) is 40.2. The maximum Gasteiger partial charge on any atom is 0.519 e. The second kappa shape index (κ2) is 13.5. The molecule has 58 heavy (non-hydrogen) atoms. The maximum absolute atomic E-state index is 17.6. The molecule has 2 aromatic carbocycles. The third-order valence-corrected chi connectivity index (χ3v) is 13.3. The molecular formula is C44H45F3N6O5. The third kappa shape index (κ3) is 5.87. The number of phenols is 1. The number of benzene rings is 2. The Bertz CT molecular complexity index is 2600. The highest BCUT2D eigenvalue weighted by molar-refractivity contribution is 6.03. The number of piperazine rings is 1. The average molecular weight is 795 g/mol. The zero-order valence-electron chi connectivity index (χ0n) is 32.8. The summed E-state index contributed by atoms with van der Waals surface area (Å²) in [4.78, 5) is 34.0. The first-order valence-corrected chi connectivity index (χ1v) is 20.3. The van der Waals surface area contributed by atoms with Crippen LogP contribution >= 0.6 is 0 Å². The fourth-order valence-corrected chi connectivity index (χ4v) is 10.8. The summed E-state index contributed by atoms with van der Waals surface area (Å²) in [6, 6.07) is 5.62. The number of ether oxygens (including phenoxy) is 1. The molecule has 0 amide bonds. The minimum absolute atomic E-state index is 0.00357. The van der Waals surface area contributed by atoms with Gasteiger partial charge in [0.25, 0.3) is 0 Å². The van der Waals surface area contributed by atoms with Crippen molar-refractivity contribution >= 4 is 27.5 Å². The number of aromatic hydroxyl groups is 1. The summed E-state index contributed by atoms with van der Waals surface area (Å²) in [6.45, 7) is 8.25. The van der Waals surface area contributed by atoms with Crippen LogP contribution in [0, 0.1) is 24.0 Å². The van der Waals surface area contributed by atoms with Gasteiger partial charge in [0.15, 0.2) is 17.3 Å². The molecule has 4 saturated heterocycles. The van der Waals surface area contributed by atoms with E-state index in [1.165, 1.54) is 24.3 Å². The normalized spacial score (nSPS) is 25.8. The number of aryl methyl sites for hydroxylation is 1. The molecule has 11 nitrogen and oxygen atoms in total. The highest BCUT2D eigenvalue weighted by atomic mass is 19.1. The van der Waals surface area contributed by atoms with Gasteiger partial charge in [-0.05, 0) is 75.1 Å². The molecule has 0 aliphatic carbocycles. The van der Waals surface area contributed by atoms with Crippen molar-refractivity contribution in [3.05, 3.63) is 69.3 Å². The van der Waals surface area contributed by atoms with E-state index in [0.29, 0.717) is 72.7 Å². The van der Waals surface area contributed by atoms with Crippen LogP contribution in [0.3, 0.4) is 0 Å². The molecule has 14 heteroatoms. The van der Waals surface area contributed by atoms with Crippen LogP contribution < -0.4 is 15.5 Å². The van der Waals surface area contributed by atoms with Gasteiger partial charge >= 0.3 is 11.8 Å². The van der Waals surface area contributed by atoms with Gasteiger partial charge in [-0.2, -0.15) is 9.97 Å². The first-order chi connectivity index (χ1) is 27.8. The molecule has 5 aromatic rings. The largest absolute Gasteiger partial charge is 0.519 e. The lowest BCUT2D eigenvalue weighted by Crippen LogP contribution is -2.60. The van der Waals surface area contributed by atoms with Crippen molar-refractivity contribution in [1.29, 1.82) is 0 Å². The fourth-order valence-electron chi connectivity index (χ4n) is 10.8. The molecule has 0 radical (unpaired) electrons. The predicted molar refractivity (Wildman–Crippen MR) is 211 cm³/mol. The Balaban J connectivity index is 1.12. The van der Waals surface area contributed by atoms with Crippen molar-refractivity contribution in [1.82, 2.24) is 24.8 Å². The number of pyridine rings is 1. The van der Waals surface area contributed by atoms with Crippen LogP contribution in [0.15, 0.2) is 37.9 Å². The fraction of sp³-hybridized carbons (Fsp3) is 0.500. The summed E-state index contributed by atoms with van der Waals surface area (Å²) < 4.78 is 65.2. The van der Waals surface area contributed by atoms with E-state index in [-0.39, 0.29) is 64.2 Å². The number of alkyl halides is 1. The number of rotatable bonds is 6. The molecule has 0 saturated carbocycles. The van der Waals surface area contributed by atoms with Crippen molar-refractivity contribution in [3.63, 3.8) is 0 Å². The summed E-state index contributed by atoms with van der Waals surface area (Å²) in [5.41, 5.74) is -0.380. The Morgan fingerprint density at radius 3 is 2.71 bits per heavy atom. The van der Waals surface area contributed by atoms with E-state index in [4.69, 9.17) is 34.9 Å². The molecule has 302 valence electrons. The minimum atomic E-state index is -0.958. The summed E-state index contributed by atoms with van der Waals surface area (Å²) in [5.74, 6) is 1.73. The van der Waals surface area contributed by atoms with Gasteiger partial charge in [-0.3, -0.25) is 9.80 Å². The molecule has 2 bridgehead atoms. The van der Waals surface area contributed by atoms with Gasteiger partial charge in [0, 0.05) is 54.0 Å². The van der Waals surface area contributed by atoms with E-state index in [9.17, 15) is 14.3 Å². The van der Waals surface area contributed by atoms with Gasteiger partial charge < -0.3 is 23.6 Å². The monoisotopic (exact) mass is 794 g/mol. The SMILES string of the molecule is C#Cc1c(F)ccc2cc(O)cc(-c3nc4c5c(nc(OC[C@@]67CCCN6C[C@H](F)C7)nc5c3F)N3C[C@H]5CC[C@@H]([C@H]3CCC4)N5Cc3oc(=O)oc3C(C)(C)C)c12. The molecule has 5 aliphatic rings. The molecule has 0 unspecified atom stereocenters. The second-order valence-corrected chi connectivity index (χ2v) is 17.8. The van der Waals surface area contributed by atoms with Gasteiger partial charge in [-0.1, -0.05) is 32.8 Å². The summed E-state index contributed by atoms with van der Waals surface area (Å²) in [6.07, 6.45) is 10.7. The van der Waals surface area contributed by atoms with Crippen LogP contribution in [0.1, 0.15) is 88.5 Å². The average Bonchev–Trinajstić information content (AvgIpc) is 3.91. The maximum atomic E-state index is 17.6. The first kappa shape index (κ1) is 37.2. The zero-order valence-corrected chi connectivity index (χ0v) is 32.8. The van der Waals surface area contributed by atoms with Crippen LogP contribution in [-0.2, 0) is 18.4 Å². The van der Waals surface area contributed by atoms with Crippen LogP contribution in [0.5, 0.6) is 11.8 Å². The molecular weight excluding hydrogens is 750 g/mol. The smallest absolute Gasteiger partial charge is 0.508 e. The van der Waals surface area contributed by atoms with Crippen LogP contribution in [0.2, 0.25) is 0 Å². The van der Waals surface area contributed by atoms with Gasteiger partial charge in [0.1, 0.15) is 41.4 Å². The Kier molecular flexibility index (Phi) is 8.62. The van der Waals surface area contributed by atoms with Crippen molar-refractivity contribution in [3.8, 4) is 35.4 Å². The van der Waals surface area contributed by atoms with Gasteiger partial charge in [0.2, 0.25) is 0 Å². The molecule has 10 rings (SSSR count). The van der Waals surface area contributed by atoms with Crippen LogP contribution in [0.25, 0.3) is 32.9 Å². The van der Waals surface area contributed by atoms with E-state index in [1.807, 2.05) is 20.8 Å². The predicted octanol–water partition coefficient (Wildman–Crippen LogP) is 7.17. The number of anilines is 1. The molecule has 1 N–H and O–H groups in total. The van der Waals surface area contributed by atoms with Gasteiger partial charge in [0.05, 0.1) is 28.7 Å². The lowest BCUT2D eigenvalue weighted by atomic mass is 9.90. The number of fused-ring (bicyclic) bond motifs is 7. The molecule has 0 spiro atoms. The molecule has 5 aliphatic heterocycles. The molecule has 4 fully saturated rings. The number of hydrogen-bond acceptors (Lipinski definition) is 11. The number of halogens is 3. The highest BCUT2D eigenvalue weighted by Crippen LogP contribution is 2.46. The molecule has 5 atom stereocenters. The van der Waals surface area contributed by atoms with Crippen molar-refractivity contribution < 1.29 is 31.8 Å². The number of nitrogens with zero attached hydrogens (tertiary/aromatic N) is 6. The lowest BCUT2D eigenvalue weighted by molar-refractivity contribution is 0.106. The quantitative estimate of drug-likeness (QED) is 0.176. The Labute approximate surface area is 333 Å². The van der Waals surface area contributed by atoms with E-state index in [2.05, 4.69) is 20.6 Å². The standard InChI is InChI=1S/C44H45F3N6O5/c1-5-27-29(46)12-10-23-16-26(54)17-28(34(23)27)37-36(47)38-35-30(48-37)8-6-9-31-32-13-11-25(52(32)21-33-39(43(2,3)4)58-42(55)57-33)20-53(31)40(35)50-41(49-38)56-22-44-14-7-15-51(44)19-24(45)18-44/h1,10,12,16-17,24-25,31-32,54H,6-9,11,13-15,18-22H2,2-4H3/t24-,25-,31-,32+,44+/m1/s1. The van der Waals surface area contributed by atoms with Gasteiger partial charge in [-0.25, -0.2) is 22.9 Å². The molecule has 3 aromatic heterocycles. The van der Waals surface area contributed by atoms with E-state index < -0.39 is 34.6 Å². The van der Waals surface area contributed by atoms with Gasteiger partial charge in [-0.15, -0.1) is 6.42 Å². The van der Waals surface area contributed by atoms with Crippen molar-refractivity contribution in [2.24, 2.45) is 0 Å². The van der Waals surface area contributed by atoms with E-state index in [1.54, 1.807) is 0 Å². The molecule has 8 heterocycles. The first-order valence-electron chi connectivity index (χ1n) is 20.3. The number of hydrogen-bond donors (Lipinski definition) is 1. The number of terminal acetylenes is 1. The van der Waals surface area contributed by atoms with Crippen molar-refractivity contribution in [2.45, 2.75) is 114 Å². The second-order valence-electron chi connectivity index (χ2n) is 17.8. The number of aromatic nitrogens is 3. The topological polar surface area (TPSA) is 121 Å².